The molecule has 0 spiro atoms. The summed E-state index contributed by atoms with van der Waals surface area (Å²) in [5.41, 5.74) is -0.931. The fourth-order valence-corrected chi connectivity index (χ4v) is 2.56. The second-order valence-electron chi connectivity index (χ2n) is 4.90. The standard InChI is InChI=1S/C11H20N2O3S/c1-11(2,9(14)15)7-12-10(16)13-8-3-5-17-6-4-8/h8H,3-7H2,1-2H3,(H,14,15)(H2,12,13,16). The first-order chi connectivity index (χ1) is 7.92. The smallest absolute Gasteiger partial charge is 0.315 e. The van der Waals surface area contributed by atoms with E-state index in [0.29, 0.717) is 0 Å². The van der Waals surface area contributed by atoms with Crippen molar-refractivity contribution in [2.75, 3.05) is 18.1 Å². The summed E-state index contributed by atoms with van der Waals surface area (Å²) in [6.45, 7) is 3.31. The van der Waals surface area contributed by atoms with Crippen molar-refractivity contribution in [3.63, 3.8) is 0 Å². The van der Waals surface area contributed by atoms with E-state index in [0.717, 1.165) is 24.3 Å². The monoisotopic (exact) mass is 260 g/mol. The van der Waals surface area contributed by atoms with Crippen molar-refractivity contribution in [2.24, 2.45) is 5.41 Å². The molecule has 0 aromatic rings. The molecule has 1 saturated heterocycles. The van der Waals surface area contributed by atoms with Crippen LogP contribution >= 0.6 is 11.8 Å². The molecule has 1 fully saturated rings. The fourth-order valence-electron chi connectivity index (χ4n) is 1.46. The lowest BCUT2D eigenvalue weighted by molar-refractivity contribution is -0.146. The lowest BCUT2D eigenvalue weighted by Gasteiger charge is -2.24. The zero-order chi connectivity index (χ0) is 12.9. The number of nitrogens with one attached hydrogen (secondary N) is 2. The van der Waals surface area contributed by atoms with E-state index < -0.39 is 11.4 Å². The maximum atomic E-state index is 11.6. The second kappa shape index (κ2) is 6.14. The first-order valence-electron chi connectivity index (χ1n) is 5.77. The van der Waals surface area contributed by atoms with Gasteiger partial charge in [-0.05, 0) is 38.2 Å². The van der Waals surface area contributed by atoms with Crippen LogP contribution in [0.15, 0.2) is 0 Å². The van der Waals surface area contributed by atoms with Gasteiger partial charge in [0.2, 0.25) is 0 Å². The number of hydrogen-bond acceptors (Lipinski definition) is 3. The van der Waals surface area contributed by atoms with Crippen molar-refractivity contribution in [1.82, 2.24) is 10.6 Å². The van der Waals surface area contributed by atoms with Crippen LogP contribution in [0.25, 0.3) is 0 Å². The van der Waals surface area contributed by atoms with Crippen molar-refractivity contribution in [3.8, 4) is 0 Å². The molecule has 0 bridgehead atoms. The summed E-state index contributed by atoms with van der Waals surface area (Å²) in [7, 11) is 0. The Bertz CT molecular complexity index is 288. The minimum absolute atomic E-state index is 0.135. The number of hydrogen-bond donors (Lipinski definition) is 3. The molecule has 0 unspecified atom stereocenters. The zero-order valence-electron chi connectivity index (χ0n) is 10.3. The van der Waals surface area contributed by atoms with Gasteiger partial charge in [-0.3, -0.25) is 4.79 Å². The minimum atomic E-state index is -0.931. The summed E-state index contributed by atoms with van der Waals surface area (Å²) in [6, 6.07) is -0.0413. The molecular formula is C11H20N2O3S. The van der Waals surface area contributed by atoms with Crippen molar-refractivity contribution < 1.29 is 14.7 Å². The zero-order valence-corrected chi connectivity index (χ0v) is 11.1. The molecule has 0 aromatic heterocycles. The quantitative estimate of drug-likeness (QED) is 0.712. The number of carboxylic acid groups (broad SMARTS) is 1. The van der Waals surface area contributed by atoms with Crippen molar-refractivity contribution >= 4 is 23.8 Å². The highest BCUT2D eigenvalue weighted by molar-refractivity contribution is 7.99. The Balaban J connectivity index is 2.27. The van der Waals surface area contributed by atoms with Gasteiger partial charge in [0.1, 0.15) is 0 Å². The summed E-state index contributed by atoms with van der Waals surface area (Å²) < 4.78 is 0. The summed E-state index contributed by atoms with van der Waals surface area (Å²) in [4.78, 5) is 22.4. The van der Waals surface area contributed by atoms with Crippen LogP contribution in [0.3, 0.4) is 0 Å². The number of thioether (sulfide) groups is 1. The van der Waals surface area contributed by atoms with E-state index in [-0.39, 0.29) is 18.6 Å². The van der Waals surface area contributed by atoms with Gasteiger partial charge in [-0.2, -0.15) is 11.8 Å². The van der Waals surface area contributed by atoms with Crippen LogP contribution in [0.5, 0.6) is 0 Å². The Morgan fingerprint density at radius 3 is 2.47 bits per heavy atom. The Hall–Kier alpha value is -0.910. The van der Waals surface area contributed by atoms with Crippen LogP contribution in [0.1, 0.15) is 26.7 Å². The third-order valence-electron chi connectivity index (χ3n) is 2.83. The normalized spacial score (nSPS) is 17.5. The lowest BCUT2D eigenvalue weighted by atomic mass is 9.94. The number of rotatable bonds is 4. The highest BCUT2D eigenvalue weighted by Crippen LogP contribution is 2.17. The largest absolute Gasteiger partial charge is 0.481 e. The molecule has 0 aliphatic carbocycles. The first-order valence-corrected chi connectivity index (χ1v) is 6.93. The van der Waals surface area contributed by atoms with Crippen LogP contribution in [-0.4, -0.2) is 41.2 Å². The highest BCUT2D eigenvalue weighted by Gasteiger charge is 2.27. The number of carbonyl (C=O) groups excluding carboxylic acids is 1. The average Bonchev–Trinajstić information content (AvgIpc) is 2.28. The molecule has 0 saturated carbocycles. The molecule has 5 nitrogen and oxygen atoms in total. The molecule has 1 aliphatic heterocycles. The summed E-state index contributed by atoms with van der Waals surface area (Å²) >= 11 is 1.90. The lowest BCUT2D eigenvalue weighted by Crippen LogP contribution is -2.47. The van der Waals surface area contributed by atoms with Gasteiger partial charge < -0.3 is 15.7 Å². The number of carboxylic acids is 1. The van der Waals surface area contributed by atoms with Crippen LogP contribution < -0.4 is 10.6 Å². The summed E-state index contributed by atoms with van der Waals surface area (Å²) in [5, 5.41) is 14.4. The number of carbonyl (C=O) groups is 2. The maximum absolute atomic E-state index is 11.6. The molecule has 3 N–H and O–H groups in total. The molecule has 0 atom stereocenters. The van der Waals surface area contributed by atoms with Gasteiger partial charge in [-0.1, -0.05) is 0 Å². The summed E-state index contributed by atoms with van der Waals surface area (Å²) in [5.74, 6) is 1.24. The Morgan fingerprint density at radius 2 is 1.94 bits per heavy atom. The fraction of sp³-hybridized carbons (Fsp3) is 0.818. The van der Waals surface area contributed by atoms with Crippen molar-refractivity contribution in [2.45, 2.75) is 32.7 Å². The van der Waals surface area contributed by atoms with Gasteiger partial charge in [0, 0.05) is 12.6 Å². The SMILES string of the molecule is CC(C)(CNC(=O)NC1CCSCC1)C(=O)O. The van der Waals surface area contributed by atoms with E-state index in [9.17, 15) is 9.59 Å². The molecule has 1 heterocycles. The maximum Gasteiger partial charge on any atom is 0.315 e. The van der Waals surface area contributed by atoms with E-state index in [1.165, 1.54) is 0 Å². The van der Waals surface area contributed by atoms with E-state index in [2.05, 4.69) is 10.6 Å². The van der Waals surface area contributed by atoms with Gasteiger partial charge in [0.25, 0.3) is 0 Å². The van der Waals surface area contributed by atoms with E-state index in [1.807, 2.05) is 11.8 Å². The molecule has 0 aromatic carbocycles. The number of amides is 2. The van der Waals surface area contributed by atoms with Gasteiger partial charge in [-0.25, -0.2) is 4.79 Å². The molecule has 98 valence electrons. The second-order valence-corrected chi connectivity index (χ2v) is 6.13. The van der Waals surface area contributed by atoms with E-state index >= 15 is 0 Å². The third-order valence-corrected chi connectivity index (χ3v) is 3.88. The third kappa shape index (κ3) is 4.85. The van der Waals surface area contributed by atoms with Gasteiger partial charge in [0.15, 0.2) is 0 Å². The van der Waals surface area contributed by atoms with Crippen LogP contribution in [0.2, 0.25) is 0 Å². The van der Waals surface area contributed by atoms with E-state index in [1.54, 1.807) is 13.8 Å². The van der Waals surface area contributed by atoms with Gasteiger partial charge in [-0.15, -0.1) is 0 Å². The highest BCUT2D eigenvalue weighted by atomic mass is 32.2. The van der Waals surface area contributed by atoms with Crippen LogP contribution in [-0.2, 0) is 4.79 Å². The van der Waals surface area contributed by atoms with Gasteiger partial charge in [0.05, 0.1) is 5.41 Å². The Kier molecular flexibility index (Phi) is 5.11. The van der Waals surface area contributed by atoms with Crippen LogP contribution in [0.4, 0.5) is 4.79 Å². The molecule has 1 aliphatic rings. The predicted octanol–water partition coefficient (Wildman–Crippen LogP) is 1.29. The molecule has 1 rings (SSSR count). The van der Waals surface area contributed by atoms with Crippen molar-refractivity contribution in [1.29, 1.82) is 0 Å². The first kappa shape index (κ1) is 14.2. The molecule has 0 radical (unpaired) electrons. The molecule has 17 heavy (non-hydrogen) atoms. The Morgan fingerprint density at radius 1 is 1.35 bits per heavy atom. The average molecular weight is 260 g/mol. The van der Waals surface area contributed by atoms with Gasteiger partial charge >= 0.3 is 12.0 Å². The van der Waals surface area contributed by atoms with Crippen molar-refractivity contribution in [3.05, 3.63) is 0 Å². The minimum Gasteiger partial charge on any atom is -0.481 e. The number of urea groups is 1. The molecule has 2 amide bonds. The predicted molar refractivity (Wildman–Crippen MR) is 68.3 cm³/mol. The topological polar surface area (TPSA) is 78.4 Å². The summed E-state index contributed by atoms with van der Waals surface area (Å²) in [6.07, 6.45) is 1.97. The molecule has 6 heteroatoms. The number of aliphatic carboxylic acids is 1. The van der Waals surface area contributed by atoms with Crippen LogP contribution in [0, 0.1) is 5.41 Å². The Labute approximate surface area is 106 Å². The van der Waals surface area contributed by atoms with E-state index in [4.69, 9.17) is 5.11 Å². The molecular weight excluding hydrogens is 240 g/mol.